The fourth-order valence-corrected chi connectivity index (χ4v) is 3.13. The van der Waals surface area contributed by atoms with Crippen LogP contribution in [0.1, 0.15) is 30.6 Å². The third-order valence-corrected chi connectivity index (χ3v) is 4.47. The smallest absolute Gasteiger partial charge is 0.165 e. The van der Waals surface area contributed by atoms with Crippen LogP contribution in [0.25, 0.3) is 0 Å². The Kier molecular flexibility index (Phi) is 5.48. The number of ether oxygens (including phenoxy) is 2. The molecule has 6 heteroatoms. The predicted octanol–water partition coefficient (Wildman–Crippen LogP) is 2.92. The summed E-state index contributed by atoms with van der Waals surface area (Å²) in [5.41, 5.74) is 2.04. The summed E-state index contributed by atoms with van der Waals surface area (Å²) in [4.78, 5) is 0. The molecule has 24 heavy (non-hydrogen) atoms. The molecule has 0 aliphatic carbocycles. The first-order valence-corrected chi connectivity index (χ1v) is 8.38. The Morgan fingerprint density at radius 3 is 3.04 bits per heavy atom. The van der Waals surface area contributed by atoms with E-state index in [0.29, 0.717) is 12.5 Å². The number of hydrogen-bond acceptors (Lipinski definition) is 4. The van der Waals surface area contributed by atoms with Crippen LogP contribution in [-0.2, 0) is 17.8 Å². The number of aryl methyl sites for hydroxylation is 1. The van der Waals surface area contributed by atoms with Gasteiger partial charge in [0.2, 0.25) is 0 Å². The van der Waals surface area contributed by atoms with Gasteiger partial charge >= 0.3 is 0 Å². The minimum atomic E-state index is -0.328. The molecule has 1 aliphatic heterocycles. The highest BCUT2D eigenvalue weighted by Crippen LogP contribution is 2.33. The normalized spacial score (nSPS) is 20.5. The zero-order valence-electron chi connectivity index (χ0n) is 14.2. The lowest BCUT2D eigenvalue weighted by Gasteiger charge is -2.18. The van der Waals surface area contributed by atoms with Crippen molar-refractivity contribution in [3.05, 3.63) is 47.5 Å². The van der Waals surface area contributed by atoms with Gasteiger partial charge < -0.3 is 14.8 Å². The molecule has 1 aromatic heterocycles. The molecule has 1 fully saturated rings. The summed E-state index contributed by atoms with van der Waals surface area (Å²) in [7, 11) is 1.47. The molecule has 1 N–H and O–H groups in total. The maximum atomic E-state index is 13.7. The van der Waals surface area contributed by atoms with Gasteiger partial charge in [0.25, 0.3) is 0 Å². The van der Waals surface area contributed by atoms with Crippen molar-refractivity contribution in [2.75, 3.05) is 20.3 Å². The largest absolute Gasteiger partial charge is 0.494 e. The molecule has 2 unspecified atom stereocenters. The van der Waals surface area contributed by atoms with E-state index in [1.165, 1.54) is 13.2 Å². The van der Waals surface area contributed by atoms with Crippen molar-refractivity contribution in [3.63, 3.8) is 0 Å². The van der Waals surface area contributed by atoms with Gasteiger partial charge in [-0.05, 0) is 31.0 Å². The molecule has 0 spiro atoms. The third kappa shape index (κ3) is 3.76. The van der Waals surface area contributed by atoms with Crippen molar-refractivity contribution in [3.8, 4) is 5.75 Å². The summed E-state index contributed by atoms with van der Waals surface area (Å²) < 4.78 is 26.5. The Morgan fingerprint density at radius 2 is 2.33 bits per heavy atom. The van der Waals surface area contributed by atoms with Gasteiger partial charge in [-0.1, -0.05) is 6.07 Å². The number of hydrogen-bond donors (Lipinski definition) is 1. The van der Waals surface area contributed by atoms with Crippen LogP contribution in [0.15, 0.2) is 30.6 Å². The number of nitrogens with one attached hydrogen (secondary N) is 1. The summed E-state index contributed by atoms with van der Waals surface area (Å²) in [5, 5.41) is 7.74. The highest BCUT2D eigenvalue weighted by atomic mass is 19.1. The Morgan fingerprint density at radius 1 is 1.46 bits per heavy atom. The molecule has 0 amide bonds. The number of methoxy groups -OCH3 is 1. The van der Waals surface area contributed by atoms with E-state index in [4.69, 9.17) is 9.47 Å². The maximum Gasteiger partial charge on any atom is 0.165 e. The number of halogens is 1. The SMILES string of the molecule is CCn1cc(C2OCCC2CNCc2ccc(OC)c(F)c2)cn1. The van der Waals surface area contributed by atoms with Crippen molar-refractivity contribution < 1.29 is 13.9 Å². The molecule has 0 radical (unpaired) electrons. The summed E-state index contributed by atoms with van der Waals surface area (Å²) in [5.74, 6) is 0.351. The topological polar surface area (TPSA) is 48.3 Å². The van der Waals surface area contributed by atoms with E-state index in [-0.39, 0.29) is 17.7 Å². The first-order chi connectivity index (χ1) is 11.7. The van der Waals surface area contributed by atoms with Gasteiger partial charge in [-0.3, -0.25) is 4.68 Å². The number of aromatic nitrogens is 2. The molecule has 130 valence electrons. The fourth-order valence-electron chi connectivity index (χ4n) is 3.13. The molecule has 3 rings (SSSR count). The molecular weight excluding hydrogens is 309 g/mol. The highest BCUT2D eigenvalue weighted by molar-refractivity contribution is 5.29. The van der Waals surface area contributed by atoms with E-state index in [0.717, 1.165) is 37.2 Å². The maximum absolute atomic E-state index is 13.7. The molecule has 0 bridgehead atoms. The third-order valence-electron chi connectivity index (χ3n) is 4.47. The first-order valence-electron chi connectivity index (χ1n) is 8.38. The lowest BCUT2D eigenvalue weighted by atomic mass is 9.97. The molecule has 2 aromatic rings. The standard InChI is InChI=1S/C18H24FN3O2/c1-3-22-12-15(11-21-22)18-14(6-7-24-18)10-20-9-13-4-5-17(23-2)16(19)8-13/h4-5,8,11-12,14,18,20H,3,6-7,9-10H2,1-2H3. The number of benzene rings is 1. The molecule has 1 saturated heterocycles. The number of rotatable bonds is 7. The Balaban J connectivity index is 1.54. The minimum Gasteiger partial charge on any atom is -0.494 e. The van der Waals surface area contributed by atoms with Gasteiger partial charge in [0.15, 0.2) is 11.6 Å². The first kappa shape index (κ1) is 16.9. The van der Waals surface area contributed by atoms with Crippen molar-refractivity contribution in [2.45, 2.75) is 32.5 Å². The van der Waals surface area contributed by atoms with Gasteiger partial charge in [-0.25, -0.2) is 4.39 Å². The van der Waals surface area contributed by atoms with Gasteiger partial charge in [0, 0.05) is 43.9 Å². The Hall–Kier alpha value is -1.92. The average molecular weight is 333 g/mol. The van der Waals surface area contributed by atoms with Gasteiger partial charge in [0.05, 0.1) is 19.4 Å². The Bertz CT molecular complexity index is 674. The van der Waals surface area contributed by atoms with Crippen molar-refractivity contribution in [1.29, 1.82) is 0 Å². The fraction of sp³-hybridized carbons (Fsp3) is 0.500. The average Bonchev–Trinajstić information content (AvgIpc) is 3.23. The van der Waals surface area contributed by atoms with Gasteiger partial charge in [-0.2, -0.15) is 5.10 Å². The lowest BCUT2D eigenvalue weighted by molar-refractivity contribution is 0.0904. The van der Waals surface area contributed by atoms with Crippen LogP contribution in [0.2, 0.25) is 0 Å². The summed E-state index contributed by atoms with van der Waals surface area (Å²) >= 11 is 0. The zero-order valence-corrected chi connectivity index (χ0v) is 14.2. The second-order valence-corrected chi connectivity index (χ2v) is 6.07. The van der Waals surface area contributed by atoms with Crippen LogP contribution in [0.4, 0.5) is 4.39 Å². The second kappa shape index (κ2) is 7.77. The predicted molar refractivity (Wildman–Crippen MR) is 89.4 cm³/mol. The van der Waals surface area contributed by atoms with Crippen LogP contribution in [0, 0.1) is 11.7 Å². The molecule has 1 aromatic carbocycles. The monoisotopic (exact) mass is 333 g/mol. The van der Waals surface area contributed by atoms with Crippen LogP contribution in [-0.4, -0.2) is 30.0 Å². The van der Waals surface area contributed by atoms with E-state index in [2.05, 4.69) is 23.5 Å². The van der Waals surface area contributed by atoms with Crippen LogP contribution < -0.4 is 10.1 Å². The zero-order chi connectivity index (χ0) is 16.9. The van der Waals surface area contributed by atoms with Crippen LogP contribution in [0.3, 0.4) is 0 Å². The van der Waals surface area contributed by atoms with Crippen molar-refractivity contribution in [1.82, 2.24) is 15.1 Å². The van der Waals surface area contributed by atoms with E-state index in [1.807, 2.05) is 16.9 Å². The summed E-state index contributed by atoms with van der Waals surface area (Å²) in [6.45, 7) is 5.15. The highest BCUT2D eigenvalue weighted by Gasteiger charge is 2.30. The van der Waals surface area contributed by atoms with E-state index in [1.54, 1.807) is 6.07 Å². The molecular formula is C18H24FN3O2. The molecule has 0 saturated carbocycles. The second-order valence-electron chi connectivity index (χ2n) is 6.07. The van der Waals surface area contributed by atoms with Gasteiger partial charge in [-0.15, -0.1) is 0 Å². The van der Waals surface area contributed by atoms with E-state index in [9.17, 15) is 4.39 Å². The van der Waals surface area contributed by atoms with Crippen LogP contribution in [0.5, 0.6) is 5.75 Å². The van der Waals surface area contributed by atoms with E-state index >= 15 is 0 Å². The number of nitrogens with zero attached hydrogens (tertiary/aromatic N) is 2. The minimum absolute atomic E-state index is 0.0883. The van der Waals surface area contributed by atoms with E-state index < -0.39 is 0 Å². The molecule has 1 aliphatic rings. The summed E-state index contributed by atoms with van der Waals surface area (Å²) in [6, 6.07) is 5.05. The quantitative estimate of drug-likeness (QED) is 0.846. The molecule has 2 atom stereocenters. The lowest BCUT2D eigenvalue weighted by Crippen LogP contribution is -2.24. The van der Waals surface area contributed by atoms with Crippen molar-refractivity contribution in [2.24, 2.45) is 5.92 Å². The Labute approximate surface area is 141 Å². The van der Waals surface area contributed by atoms with Crippen LogP contribution >= 0.6 is 0 Å². The molecule has 2 heterocycles. The molecule has 5 nitrogen and oxygen atoms in total. The summed E-state index contributed by atoms with van der Waals surface area (Å²) in [6.07, 6.45) is 5.06. The van der Waals surface area contributed by atoms with Gasteiger partial charge in [0.1, 0.15) is 0 Å². The van der Waals surface area contributed by atoms with Crippen molar-refractivity contribution >= 4 is 0 Å².